The third-order valence-electron chi connectivity index (χ3n) is 5.79. The number of halogens is 2. The standard InChI is InChI=1S/C24H25BrFN3O5S/c1-35(32,33)28-22(30)13-18-12-19(25)4-7-21(18)34-15-23(31)29-10-8-24(16-27,9-11-29)14-17-2-5-20(26)6-3-17/h2-7,12H,8-11,13-15H2,1H3,(H,28,30). The molecule has 1 fully saturated rings. The number of nitrogens with one attached hydrogen (secondary N) is 1. The molecule has 2 aromatic rings. The average molecular weight is 566 g/mol. The zero-order chi connectivity index (χ0) is 25.6. The molecule has 11 heteroatoms. The third kappa shape index (κ3) is 7.77. The molecule has 186 valence electrons. The number of piperidine rings is 1. The maximum absolute atomic E-state index is 13.2. The molecule has 1 saturated heterocycles. The van der Waals surface area contributed by atoms with Crippen LogP contribution in [0.15, 0.2) is 46.9 Å². The highest BCUT2D eigenvalue weighted by molar-refractivity contribution is 9.10. The number of likely N-dealkylation sites (tertiary alicyclic amines) is 1. The summed E-state index contributed by atoms with van der Waals surface area (Å²) < 4.78 is 44.0. The van der Waals surface area contributed by atoms with Crippen LogP contribution in [0.3, 0.4) is 0 Å². The Balaban J connectivity index is 1.58. The predicted molar refractivity (Wildman–Crippen MR) is 130 cm³/mol. The van der Waals surface area contributed by atoms with Crippen LogP contribution in [0.25, 0.3) is 0 Å². The molecule has 1 N–H and O–H groups in total. The number of rotatable bonds is 8. The lowest BCUT2D eigenvalue weighted by Gasteiger charge is -2.37. The lowest BCUT2D eigenvalue weighted by Crippen LogP contribution is -2.45. The molecule has 35 heavy (non-hydrogen) atoms. The van der Waals surface area contributed by atoms with Gasteiger partial charge in [0.05, 0.1) is 24.2 Å². The SMILES string of the molecule is CS(=O)(=O)NC(=O)Cc1cc(Br)ccc1OCC(=O)N1CCC(C#N)(Cc2ccc(F)cc2)CC1. The fourth-order valence-electron chi connectivity index (χ4n) is 3.98. The minimum absolute atomic E-state index is 0.242. The highest BCUT2D eigenvalue weighted by atomic mass is 79.9. The summed E-state index contributed by atoms with van der Waals surface area (Å²) in [6.07, 6.45) is 2.11. The summed E-state index contributed by atoms with van der Waals surface area (Å²) in [6.45, 7) is 0.516. The Labute approximate surface area is 212 Å². The van der Waals surface area contributed by atoms with E-state index >= 15 is 0 Å². The highest BCUT2D eigenvalue weighted by Gasteiger charge is 2.36. The van der Waals surface area contributed by atoms with E-state index in [1.807, 2.05) is 4.72 Å². The van der Waals surface area contributed by atoms with Crippen molar-refractivity contribution in [1.82, 2.24) is 9.62 Å². The van der Waals surface area contributed by atoms with Crippen LogP contribution in [0.2, 0.25) is 0 Å². The molecular formula is C24H25BrFN3O5S. The van der Waals surface area contributed by atoms with Crippen LogP contribution < -0.4 is 9.46 Å². The maximum Gasteiger partial charge on any atom is 0.260 e. The van der Waals surface area contributed by atoms with Crippen LogP contribution in [-0.2, 0) is 32.5 Å². The molecule has 2 amide bonds. The van der Waals surface area contributed by atoms with Gasteiger partial charge in [-0.1, -0.05) is 28.1 Å². The van der Waals surface area contributed by atoms with E-state index in [9.17, 15) is 27.7 Å². The molecule has 0 aliphatic carbocycles. The minimum Gasteiger partial charge on any atom is -0.483 e. The molecule has 1 aliphatic rings. The maximum atomic E-state index is 13.2. The first-order valence-electron chi connectivity index (χ1n) is 10.8. The van der Waals surface area contributed by atoms with Gasteiger partial charge in [-0.3, -0.25) is 14.3 Å². The quantitative estimate of drug-likeness (QED) is 0.526. The second-order valence-electron chi connectivity index (χ2n) is 8.59. The molecule has 0 aromatic heterocycles. The normalized spacial score (nSPS) is 15.2. The molecule has 8 nitrogen and oxygen atoms in total. The fourth-order valence-corrected chi connectivity index (χ4v) is 4.87. The Morgan fingerprint density at radius 2 is 1.86 bits per heavy atom. The van der Waals surface area contributed by atoms with Crippen molar-refractivity contribution in [3.63, 3.8) is 0 Å². The van der Waals surface area contributed by atoms with E-state index in [2.05, 4.69) is 22.0 Å². The number of benzene rings is 2. The molecule has 1 aliphatic heterocycles. The van der Waals surface area contributed by atoms with Gasteiger partial charge in [-0.2, -0.15) is 5.26 Å². The lowest BCUT2D eigenvalue weighted by atomic mass is 9.75. The minimum atomic E-state index is -3.69. The largest absolute Gasteiger partial charge is 0.483 e. The summed E-state index contributed by atoms with van der Waals surface area (Å²) in [5.74, 6) is -1.00. The molecule has 1 heterocycles. The third-order valence-corrected chi connectivity index (χ3v) is 6.88. The van der Waals surface area contributed by atoms with Crippen molar-refractivity contribution >= 4 is 37.8 Å². The van der Waals surface area contributed by atoms with E-state index in [-0.39, 0.29) is 24.8 Å². The van der Waals surface area contributed by atoms with Gasteiger partial charge < -0.3 is 9.64 Å². The van der Waals surface area contributed by atoms with Crippen molar-refractivity contribution in [2.45, 2.75) is 25.7 Å². The zero-order valence-electron chi connectivity index (χ0n) is 19.1. The first-order chi connectivity index (χ1) is 16.5. The molecule has 0 unspecified atom stereocenters. The molecule has 0 atom stereocenters. The molecule has 0 bridgehead atoms. The van der Waals surface area contributed by atoms with Crippen molar-refractivity contribution in [1.29, 1.82) is 5.26 Å². The summed E-state index contributed by atoms with van der Waals surface area (Å²) >= 11 is 3.31. The molecule has 0 radical (unpaired) electrons. The van der Waals surface area contributed by atoms with Crippen LogP contribution in [-0.4, -0.2) is 51.1 Å². The van der Waals surface area contributed by atoms with Crippen LogP contribution in [0.5, 0.6) is 5.75 Å². The van der Waals surface area contributed by atoms with Gasteiger partial charge >= 0.3 is 0 Å². The van der Waals surface area contributed by atoms with Crippen LogP contribution in [0, 0.1) is 22.6 Å². The number of ether oxygens (including phenoxy) is 1. The van der Waals surface area contributed by atoms with Crippen LogP contribution in [0.4, 0.5) is 4.39 Å². The first kappa shape index (κ1) is 26.6. The van der Waals surface area contributed by atoms with Crippen molar-refractivity contribution in [3.8, 4) is 11.8 Å². The molecule has 3 rings (SSSR count). The Hall–Kier alpha value is -2.97. The summed E-state index contributed by atoms with van der Waals surface area (Å²) in [4.78, 5) is 26.4. The number of hydrogen-bond acceptors (Lipinski definition) is 6. The van der Waals surface area contributed by atoms with Gasteiger partial charge in [-0.05, 0) is 55.2 Å². The van der Waals surface area contributed by atoms with E-state index in [4.69, 9.17) is 4.74 Å². The predicted octanol–water partition coefficient (Wildman–Crippen LogP) is 2.96. The lowest BCUT2D eigenvalue weighted by molar-refractivity contribution is -0.135. The van der Waals surface area contributed by atoms with Crippen molar-refractivity contribution < 1.29 is 27.1 Å². The number of hydrogen-bond donors (Lipinski definition) is 1. The van der Waals surface area contributed by atoms with Gasteiger partial charge in [0, 0.05) is 23.1 Å². The summed E-state index contributed by atoms with van der Waals surface area (Å²) in [5, 5.41) is 9.80. The Morgan fingerprint density at radius 1 is 1.20 bits per heavy atom. The number of carbonyl (C=O) groups excluding carboxylic acids is 2. The zero-order valence-corrected chi connectivity index (χ0v) is 21.5. The number of nitrogens with zero attached hydrogens (tertiary/aromatic N) is 2. The number of carbonyl (C=O) groups is 2. The average Bonchev–Trinajstić information content (AvgIpc) is 2.79. The summed E-state index contributed by atoms with van der Waals surface area (Å²) in [6, 6.07) is 13.4. The fraction of sp³-hybridized carbons (Fsp3) is 0.375. The van der Waals surface area contributed by atoms with E-state index in [1.165, 1.54) is 12.1 Å². The van der Waals surface area contributed by atoms with Gasteiger partial charge in [0.2, 0.25) is 15.9 Å². The topological polar surface area (TPSA) is 117 Å². The number of sulfonamides is 1. The second kappa shape index (κ2) is 11.2. The Kier molecular flexibility index (Phi) is 8.51. The Morgan fingerprint density at radius 3 is 2.46 bits per heavy atom. The van der Waals surface area contributed by atoms with E-state index in [0.717, 1.165) is 11.8 Å². The van der Waals surface area contributed by atoms with Crippen molar-refractivity contribution in [2.75, 3.05) is 26.0 Å². The van der Waals surface area contributed by atoms with Gasteiger partial charge in [0.15, 0.2) is 6.61 Å². The summed E-state index contributed by atoms with van der Waals surface area (Å²) in [7, 11) is -3.69. The van der Waals surface area contributed by atoms with Gasteiger partial charge in [-0.15, -0.1) is 0 Å². The smallest absolute Gasteiger partial charge is 0.260 e. The van der Waals surface area contributed by atoms with Crippen LogP contribution in [0.1, 0.15) is 24.0 Å². The second-order valence-corrected chi connectivity index (χ2v) is 11.3. The van der Waals surface area contributed by atoms with E-state index < -0.39 is 21.3 Å². The molecular weight excluding hydrogens is 541 g/mol. The first-order valence-corrected chi connectivity index (χ1v) is 13.5. The van der Waals surface area contributed by atoms with E-state index in [1.54, 1.807) is 35.2 Å². The van der Waals surface area contributed by atoms with Crippen LogP contribution >= 0.6 is 15.9 Å². The van der Waals surface area contributed by atoms with E-state index in [0.29, 0.717) is 48.1 Å². The Bertz CT molecular complexity index is 1240. The molecule has 0 spiro atoms. The number of amides is 2. The highest BCUT2D eigenvalue weighted by Crippen LogP contribution is 2.34. The van der Waals surface area contributed by atoms with Gasteiger partial charge in [-0.25, -0.2) is 12.8 Å². The molecule has 0 saturated carbocycles. The monoisotopic (exact) mass is 565 g/mol. The molecule has 2 aromatic carbocycles. The van der Waals surface area contributed by atoms with Crippen molar-refractivity contribution in [3.05, 3.63) is 63.9 Å². The summed E-state index contributed by atoms with van der Waals surface area (Å²) in [5.41, 5.74) is 0.676. The van der Waals surface area contributed by atoms with Crippen molar-refractivity contribution in [2.24, 2.45) is 5.41 Å². The van der Waals surface area contributed by atoms with Gasteiger partial charge in [0.1, 0.15) is 11.6 Å². The number of nitriles is 1. The van der Waals surface area contributed by atoms with Gasteiger partial charge in [0.25, 0.3) is 5.91 Å².